The first kappa shape index (κ1) is 16.4. The lowest BCUT2D eigenvalue weighted by Gasteiger charge is -2.26. The largest absolute Gasteiger partial charge is 0.481 e. The van der Waals surface area contributed by atoms with Gasteiger partial charge in [-0.1, -0.05) is 6.92 Å². The van der Waals surface area contributed by atoms with Crippen molar-refractivity contribution in [2.24, 2.45) is 11.8 Å². The van der Waals surface area contributed by atoms with Crippen molar-refractivity contribution in [3.8, 4) is 0 Å². The predicted octanol–water partition coefficient (Wildman–Crippen LogP) is 1.29. The SMILES string of the molecule is CCS(=O)(=O)CCCNCC1CCC(C(=O)O)CC1. The van der Waals surface area contributed by atoms with Gasteiger partial charge in [0, 0.05) is 5.75 Å². The number of rotatable bonds is 8. The number of carboxylic acid groups (broad SMARTS) is 1. The summed E-state index contributed by atoms with van der Waals surface area (Å²) in [5.41, 5.74) is 0. The molecular formula is C13H25NO4S. The van der Waals surface area contributed by atoms with Gasteiger partial charge < -0.3 is 10.4 Å². The molecule has 0 aromatic heterocycles. The van der Waals surface area contributed by atoms with Crippen LogP contribution in [0.25, 0.3) is 0 Å². The van der Waals surface area contributed by atoms with Crippen LogP contribution in [0.5, 0.6) is 0 Å². The average Bonchev–Trinajstić information content (AvgIpc) is 2.39. The van der Waals surface area contributed by atoms with Gasteiger partial charge in [0.2, 0.25) is 0 Å². The van der Waals surface area contributed by atoms with Crippen LogP contribution in [0.1, 0.15) is 39.0 Å². The van der Waals surface area contributed by atoms with E-state index >= 15 is 0 Å². The van der Waals surface area contributed by atoms with Crippen LogP contribution in [0.2, 0.25) is 0 Å². The summed E-state index contributed by atoms with van der Waals surface area (Å²) in [4.78, 5) is 10.8. The highest BCUT2D eigenvalue weighted by Gasteiger charge is 2.25. The molecule has 2 N–H and O–H groups in total. The Morgan fingerprint density at radius 2 is 1.89 bits per heavy atom. The normalized spacial score (nSPS) is 24.3. The fourth-order valence-corrected chi connectivity index (χ4v) is 3.35. The third kappa shape index (κ3) is 6.38. The molecule has 0 bridgehead atoms. The number of sulfone groups is 1. The topological polar surface area (TPSA) is 83.5 Å². The van der Waals surface area contributed by atoms with Crippen LogP contribution in [0.3, 0.4) is 0 Å². The highest BCUT2D eigenvalue weighted by molar-refractivity contribution is 7.91. The molecule has 0 heterocycles. The van der Waals surface area contributed by atoms with Gasteiger partial charge in [-0.15, -0.1) is 0 Å². The Morgan fingerprint density at radius 1 is 1.26 bits per heavy atom. The molecule has 0 aromatic rings. The first-order valence-electron chi connectivity index (χ1n) is 7.08. The number of hydrogen-bond donors (Lipinski definition) is 2. The minimum absolute atomic E-state index is 0.161. The predicted molar refractivity (Wildman–Crippen MR) is 74.9 cm³/mol. The Bertz CT molecular complexity index is 372. The van der Waals surface area contributed by atoms with Crippen LogP contribution >= 0.6 is 0 Å². The monoisotopic (exact) mass is 291 g/mol. The van der Waals surface area contributed by atoms with Crippen molar-refractivity contribution in [3.05, 3.63) is 0 Å². The Balaban J connectivity index is 2.07. The number of carboxylic acids is 1. The van der Waals surface area contributed by atoms with Crippen LogP contribution in [0.15, 0.2) is 0 Å². The molecule has 0 unspecified atom stereocenters. The van der Waals surface area contributed by atoms with Crippen molar-refractivity contribution >= 4 is 15.8 Å². The van der Waals surface area contributed by atoms with Crippen molar-refractivity contribution < 1.29 is 18.3 Å². The Hall–Kier alpha value is -0.620. The molecule has 0 aliphatic heterocycles. The minimum atomic E-state index is -2.85. The molecule has 1 rings (SSSR count). The molecule has 1 saturated carbocycles. The van der Waals surface area contributed by atoms with Crippen molar-refractivity contribution in [3.63, 3.8) is 0 Å². The molecule has 19 heavy (non-hydrogen) atoms. The number of hydrogen-bond acceptors (Lipinski definition) is 4. The molecular weight excluding hydrogens is 266 g/mol. The Labute approximate surface area is 115 Å². The van der Waals surface area contributed by atoms with Crippen molar-refractivity contribution in [2.75, 3.05) is 24.6 Å². The van der Waals surface area contributed by atoms with Crippen LogP contribution < -0.4 is 5.32 Å². The maximum absolute atomic E-state index is 11.3. The molecule has 6 heteroatoms. The zero-order chi connectivity index (χ0) is 14.3. The van der Waals surface area contributed by atoms with E-state index in [0.717, 1.165) is 38.8 Å². The fraction of sp³-hybridized carbons (Fsp3) is 0.923. The quantitative estimate of drug-likeness (QED) is 0.658. The molecule has 0 atom stereocenters. The maximum atomic E-state index is 11.3. The van der Waals surface area contributed by atoms with Gasteiger partial charge in [0.25, 0.3) is 0 Å². The lowest BCUT2D eigenvalue weighted by Crippen LogP contribution is -2.29. The van der Waals surface area contributed by atoms with Gasteiger partial charge in [-0.05, 0) is 51.1 Å². The Morgan fingerprint density at radius 3 is 2.42 bits per heavy atom. The van der Waals surface area contributed by atoms with E-state index in [4.69, 9.17) is 5.11 Å². The molecule has 112 valence electrons. The third-order valence-corrected chi connectivity index (χ3v) is 5.67. The Kier molecular flexibility index (Phi) is 6.79. The summed E-state index contributed by atoms with van der Waals surface area (Å²) in [6, 6.07) is 0. The summed E-state index contributed by atoms with van der Waals surface area (Å²) in [7, 11) is -2.85. The zero-order valence-electron chi connectivity index (χ0n) is 11.6. The van der Waals surface area contributed by atoms with E-state index in [1.165, 1.54) is 0 Å². The van der Waals surface area contributed by atoms with E-state index in [1.54, 1.807) is 6.92 Å². The first-order chi connectivity index (χ1) is 8.94. The smallest absolute Gasteiger partial charge is 0.306 e. The fourth-order valence-electron chi connectivity index (χ4n) is 2.48. The molecule has 0 radical (unpaired) electrons. The summed E-state index contributed by atoms with van der Waals surface area (Å²) < 4.78 is 22.6. The van der Waals surface area contributed by atoms with Gasteiger partial charge in [-0.25, -0.2) is 8.42 Å². The van der Waals surface area contributed by atoms with E-state index in [9.17, 15) is 13.2 Å². The van der Waals surface area contributed by atoms with Gasteiger partial charge in [0.1, 0.15) is 9.84 Å². The molecule has 5 nitrogen and oxygen atoms in total. The van der Waals surface area contributed by atoms with Crippen LogP contribution in [-0.4, -0.2) is 44.1 Å². The summed E-state index contributed by atoms with van der Waals surface area (Å²) in [6.07, 6.45) is 4.10. The van der Waals surface area contributed by atoms with Gasteiger partial charge in [0.05, 0.1) is 11.7 Å². The van der Waals surface area contributed by atoms with Gasteiger partial charge in [0.15, 0.2) is 0 Å². The van der Waals surface area contributed by atoms with E-state index in [-0.39, 0.29) is 17.4 Å². The summed E-state index contributed by atoms with van der Waals surface area (Å²) in [6.45, 7) is 3.26. The van der Waals surface area contributed by atoms with Gasteiger partial charge in [-0.3, -0.25) is 4.79 Å². The summed E-state index contributed by atoms with van der Waals surface area (Å²) >= 11 is 0. The van der Waals surface area contributed by atoms with E-state index < -0.39 is 15.8 Å². The lowest BCUT2D eigenvalue weighted by molar-refractivity contribution is -0.143. The van der Waals surface area contributed by atoms with E-state index in [0.29, 0.717) is 12.3 Å². The van der Waals surface area contributed by atoms with Crippen LogP contribution in [-0.2, 0) is 14.6 Å². The minimum Gasteiger partial charge on any atom is -0.481 e. The number of carbonyl (C=O) groups is 1. The van der Waals surface area contributed by atoms with Crippen LogP contribution in [0, 0.1) is 11.8 Å². The van der Waals surface area contributed by atoms with Gasteiger partial charge in [-0.2, -0.15) is 0 Å². The molecule has 1 aliphatic carbocycles. The van der Waals surface area contributed by atoms with Crippen molar-refractivity contribution in [2.45, 2.75) is 39.0 Å². The van der Waals surface area contributed by atoms with Crippen LogP contribution in [0.4, 0.5) is 0 Å². The first-order valence-corrected chi connectivity index (χ1v) is 8.90. The zero-order valence-corrected chi connectivity index (χ0v) is 12.4. The second-order valence-corrected chi connectivity index (χ2v) is 7.82. The maximum Gasteiger partial charge on any atom is 0.306 e. The molecule has 0 saturated heterocycles. The average molecular weight is 291 g/mol. The lowest BCUT2D eigenvalue weighted by atomic mass is 9.82. The number of aliphatic carboxylic acids is 1. The third-order valence-electron chi connectivity index (χ3n) is 3.88. The number of nitrogens with one attached hydrogen (secondary N) is 1. The molecule has 0 aromatic carbocycles. The standard InChI is InChI=1S/C13H25NO4S/c1-2-19(17,18)9-3-8-14-10-11-4-6-12(7-5-11)13(15)16/h11-12,14H,2-10H2,1H3,(H,15,16). The highest BCUT2D eigenvalue weighted by atomic mass is 32.2. The second-order valence-electron chi connectivity index (χ2n) is 5.35. The van der Waals surface area contributed by atoms with Crippen molar-refractivity contribution in [1.82, 2.24) is 5.32 Å². The van der Waals surface area contributed by atoms with Crippen molar-refractivity contribution in [1.29, 1.82) is 0 Å². The molecule has 0 amide bonds. The van der Waals surface area contributed by atoms with E-state index in [2.05, 4.69) is 5.32 Å². The molecule has 0 spiro atoms. The molecule has 1 aliphatic rings. The second kappa shape index (κ2) is 7.85. The molecule has 1 fully saturated rings. The summed E-state index contributed by atoms with van der Waals surface area (Å²) in [5.74, 6) is 0.176. The van der Waals surface area contributed by atoms with E-state index in [1.807, 2.05) is 0 Å². The summed E-state index contributed by atoms with van der Waals surface area (Å²) in [5, 5.41) is 12.2. The van der Waals surface area contributed by atoms with Gasteiger partial charge >= 0.3 is 5.97 Å². The highest BCUT2D eigenvalue weighted by Crippen LogP contribution is 2.28.